The van der Waals surface area contributed by atoms with Crippen LogP contribution in [0.15, 0.2) is 30.5 Å². The number of anilines is 3. The Kier molecular flexibility index (Phi) is 7.70. The number of nitrogens with one attached hydrogen (secondary N) is 4. The Labute approximate surface area is 194 Å². The molecule has 9 heteroatoms. The number of hydrogen-bond acceptors (Lipinski definition) is 8. The first-order chi connectivity index (χ1) is 16.1. The second-order valence-electron chi connectivity index (χ2n) is 8.82. The molecule has 3 aromatic rings. The lowest BCUT2D eigenvalue weighted by atomic mass is 10.0. The van der Waals surface area contributed by atoms with E-state index in [0.29, 0.717) is 36.6 Å². The van der Waals surface area contributed by atoms with Gasteiger partial charge in [0.15, 0.2) is 5.82 Å². The highest BCUT2D eigenvalue weighted by Gasteiger charge is 2.24. The van der Waals surface area contributed by atoms with Crippen LogP contribution in [0.4, 0.5) is 17.5 Å². The maximum atomic E-state index is 8.87. The zero-order chi connectivity index (χ0) is 23.0. The predicted molar refractivity (Wildman–Crippen MR) is 129 cm³/mol. The van der Waals surface area contributed by atoms with Crippen LogP contribution in [0.1, 0.15) is 44.7 Å². The number of nitriles is 1. The molecule has 1 fully saturated rings. The van der Waals surface area contributed by atoms with Crippen LogP contribution in [-0.2, 0) is 11.3 Å². The number of hydrogen-bond donors (Lipinski definition) is 4. The van der Waals surface area contributed by atoms with Crippen LogP contribution in [0.3, 0.4) is 0 Å². The van der Waals surface area contributed by atoms with Gasteiger partial charge in [-0.2, -0.15) is 10.4 Å². The van der Waals surface area contributed by atoms with Gasteiger partial charge in [-0.05, 0) is 43.7 Å². The van der Waals surface area contributed by atoms with Crippen LogP contribution in [0, 0.1) is 17.2 Å². The fourth-order valence-electron chi connectivity index (χ4n) is 4.51. The second-order valence-corrected chi connectivity index (χ2v) is 8.82. The maximum Gasteiger partial charge on any atom is 0.153 e. The number of methoxy groups -OCH3 is 1. The molecule has 174 valence electrons. The van der Waals surface area contributed by atoms with E-state index in [9.17, 15) is 0 Å². The van der Waals surface area contributed by atoms with Crippen LogP contribution < -0.4 is 16.0 Å². The van der Waals surface area contributed by atoms with Crippen LogP contribution in [-0.4, -0.2) is 45.9 Å². The molecule has 0 saturated heterocycles. The number of aromatic nitrogens is 4. The highest BCUT2D eigenvalue weighted by Crippen LogP contribution is 2.29. The zero-order valence-electron chi connectivity index (χ0n) is 19.3. The van der Waals surface area contributed by atoms with Crippen LogP contribution in [0.25, 0.3) is 10.9 Å². The smallest absolute Gasteiger partial charge is 0.153 e. The van der Waals surface area contributed by atoms with Gasteiger partial charge in [0.05, 0.1) is 23.9 Å². The number of nitrogens with zero attached hydrogens (tertiary/aromatic N) is 4. The van der Waals surface area contributed by atoms with Crippen molar-refractivity contribution in [2.45, 2.75) is 57.7 Å². The molecular weight excluding hydrogens is 416 g/mol. The monoisotopic (exact) mass is 448 g/mol. The lowest BCUT2D eigenvalue weighted by Gasteiger charge is -2.24. The van der Waals surface area contributed by atoms with E-state index in [1.165, 1.54) is 6.42 Å². The lowest BCUT2D eigenvalue weighted by Crippen LogP contribution is -2.34. The van der Waals surface area contributed by atoms with Gasteiger partial charge in [0.2, 0.25) is 0 Å². The fraction of sp³-hybridized carbons (Fsp3) is 0.500. The number of pyridine rings is 2. The molecule has 0 radical (unpaired) electrons. The maximum absolute atomic E-state index is 8.87. The van der Waals surface area contributed by atoms with Crippen molar-refractivity contribution in [2.24, 2.45) is 5.92 Å². The number of rotatable bonds is 9. The van der Waals surface area contributed by atoms with Crippen LogP contribution >= 0.6 is 0 Å². The van der Waals surface area contributed by atoms with E-state index in [2.05, 4.69) is 50.2 Å². The Morgan fingerprint density at radius 2 is 2.12 bits per heavy atom. The largest absolute Gasteiger partial charge is 0.378 e. The Balaban J connectivity index is 1.55. The van der Waals surface area contributed by atoms with Gasteiger partial charge in [-0.25, -0.2) is 4.98 Å². The topological polar surface area (TPSA) is 124 Å². The summed E-state index contributed by atoms with van der Waals surface area (Å²) in [5.41, 5.74) is 1.76. The Morgan fingerprint density at radius 1 is 1.21 bits per heavy atom. The normalized spacial score (nSPS) is 20.8. The summed E-state index contributed by atoms with van der Waals surface area (Å²) in [6.07, 6.45) is 6.72. The molecule has 4 N–H and O–H groups in total. The van der Waals surface area contributed by atoms with Crippen molar-refractivity contribution in [1.82, 2.24) is 25.5 Å². The molecular formula is C24H32N8O. The molecule has 4 rings (SSSR count). The lowest BCUT2D eigenvalue weighted by molar-refractivity contribution is 0.181. The highest BCUT2D eigenvalue weighted by molar-refractivity contribution is 5.91. The molecule has 0 spiro atoms. The fourth-order valence-corrected chi connectivity index (χ4v) is 4.51. The van der Waals surface area contributed by atoms with Crippen molar-refractivity contribution in [3.63, 3.8) is 0 Å². The van der Waals surface area contributed by atoms with Crippen LogP contribution in [0.5, 0.6) is 0 Å². The number of fused-ring (bicyclic) bond motifs is 1. The van der Waals surface area contributed by atoms with Gasteiger partial charge in [-0.3, -0.25) is 10.1 Å². The van der Waals surface area contributed by atoms with Crippen molar-refractivity contribution in [1.29, 1.82) is 5.26 Å². The molecule has 33 heavy (non-hydrogen) atoms. The molecule has 0 aliphatic heterocycles. The molecule has 1 aliphatic carbocycles. The summed E-state index contributed by atoms with van der Waals surface area (Å²) in [7, 11) is 1.65. The molecule has 9 nitrogen and oxygen atoms in total. The van der Waals surface area contributed by atoms with Crippen molar-refractivity contribution < 1.29 is 4.74 Å². The summed E-state index contributed by atoms with van der Waals surface area (Å²) in [6, 6.07) is 10.7. The summed E-state index contributed by atoms with van der Waals surface area (Å²) in [6.45, 7) is 3.52. The summed E-state index contributed by atoms with van der Waals surface area (Å²) in [5.74, 6) is 2.81. The Hall–Kier alpha value is -3.22. The summed E-state index contributed by atoms with van der Waals surface area (Å²) in [4.78, 5) is 9.45. The average Bonchev–Trinajstić information content (AvgIpc) is 3.16. The summed E-state index contributed by atoms with van der Waals surface area (Å²) < 4.78 is 5.16. The molecule has 0 bridgehead atoms. The quantitative estimate of drug-likeness (QED) is 0.285. The third-order valence-corrected chi connectivity index (χ3v) is 6.06. The minimum Gasteiger partial charge on any atom is -0.378 e. The predicted octanol–water partition coefficient (Wildman–Crippen LogP) is 4.11. The molecule has 3 aromatic heterocycles. The number of ether oxygens (including phenoxy) is 1. The zero-order valence-corrected chi connectivity index (χ0v) is 19.3. The first kappa shape index (κ1) is 23.0. The van der Waals surface area contributed by atoms with Gasteiger partial charge in [0.1, 0.15) is 11.6 Å². The molecule has 0 unspecified atom stereocenters. The first-order valence-electron chi connectivity index (χ1n) is 11.6. The molecule has 1 saturated carbocycles. The van der Waals surface area contributed by atoms with Crippen molar-refractivity contribution in [3.05, 3.63) is 36.2 Å². The Morgan fingerprint density at radius 3 is 2.97 bits per heavy atom. The first-order valence-corrected chi connectivity index (χ1v) is 11.6. The number of aromatic amines is 1. The average molecular weight is 449 g/mol. The second kappa shape index (κ2) is 11.1. The van der Waals surface area contributed by atoms with Gasteiger partial charge < -0.3 is 20.7 Å². The standard InChI is InChI=1S/C24H32N8O/c1-16-6-7-17(26-10-4-8-25)12-18(11-16)28-24-20-5-3-9-27-21(20)14-22(30-24)29-23-13-19(15-33-2)31-32-23/h3,5,9,13-14,16-18,26H,4,6-7,10-12,15H2,1-2H3,(H3,28,29,30,31,32)/t16-,17+,18-/m1/s1. The third kappa shape index (κ3) is 6.18. The van der Waals surface area contributed by atoms with Gasteiger partial charge in [0.25, 0.3) is 0 Å². The molecule has 3 atom stereocenters. The summed E-state index contributed by atoms with van der Waals surface area (Å²) >= 11 is 0. The highest BCUT2D eigenvalue weighted by atomic mass is 16.5. The van der Waals surface area contributed by atoms with E-state index in [0.717, 1.165) is 48.2 Å². The third-order valence-electron chi connectivity index (χ3n) is 6.06. The van der Waals surface area contributed by atoms with E-state index in [1.54, 1.807) is 13.3 Å². The Bertz CT molecular complexity index is 1090. The van der Waals surface area contributed by atoms with E-state index in [1.807, 2.05) is 18.2 Å². The molecule has 3 heterocycles. The minimum atomic E-state index is 0.284. The van der Waals surface area contributed by atoms with Crippen molar-refractivity contribution in [2.75, 3.05) is 24.3 Å². The number of H-pyrrole nitrogens is 1. The van der Waals surface area contributed by atoms with Crippen molar-refractivity contribution >= 4 is 28.4 Å². The molecule has 0 aromatic carbocycles. The van der Waals surface area contributed by atoms with E-state index < -0.39 is 0 Å². The van der Waals surface area contributed by atoms with Crippen LogP contribution in [0.2, 0.25) is 0 Å². The SMILES string of the molecule is COCc1cc(Nc2cc3ncccc3c(N[C@@H]3C[C@H](C)CC[C@H](NCCC#N)C3)n2)n[nH]1. The van der Waals surface area contributed by atoms with Gasteiger partial charge in [-0.1, -0.05) is 6.92 Å². The molecule has 1 aliphatic rings. The summed E-state index contributed by atoms with van der Waals surface area (Å²) in [5, 5.41) is 27.7. The minimum absolute atomic E-state index is 0.284. The molecule has 0 amide bonds. The van der Waals surface area contributed by atoms with Crippen molar-refractivity contribution in [3.8, 4) is 6.07 Å². The van der Waals surface area contributed by atoms with Gasteiger partial charge >= 0.3 is 0 Å². The van der Waals surface area contributed by atoms with Gasteiger partial charge in [0, 0.05) is 55.9 Å². The van der Waals surface area contributed by atoms with E-state index >= 15 is 0 Å². The van der Waals surface area contributed by atoms with Gasteiger partial charge in [-0.15, -0.1) is 0 Å². The van der Waals surface area contributed by atoms with E-state index in [-0.39, 0.29) is 6.04 Å². The van der Waals surface area contributed by atoms with E-state index in [4.69, 9.17) is 15.0 Å².